The first kappa shape index (κ1) is 33.8. The minimum Gasteiger partial charge on any atom is -0.331 e. The fourth-order valence-corrected chi connectivity index (χ4v) is 8.84. The molecule has 58 heavy (non-hydrogen) atoms. The van der Waals surface area contributed by atoms with Crippen molar-refractivity contribution in [2.75, 3.05) is 0 Å². The maximum atomic E-state index is 5.23. The average Bonchev–Trinajstić information content (AvgIpc) is 3.79. The zero-order valence-electron chi connectivity index (χ0n) is 32.3. The predicted octanol–water partition coefficient (Wildman–Crippen LogP) is 12.8. The standard InChI is InChI=1S/C53H39N5/c1-34-29-35(2)31-42(30-34)57-47-19-11-9-17-43(47)45-32-40(25-27-49(45)57)36-21-23-37(24-22-36)41-26-28-50-46(33-41)44-18-10-12-20-48(44)58(50)53-55-51(38-13-5-3-6-14-38)54-52(56-53)39-15-7-4-8-16-39/h3-33,53H,1-2H3,(H,54,55,56). The molecule has 1 aliphatic rings. The van der Waals surface area contributed by atoms with Crippen LogP contribution in [0.4, 0.5) is 0 Å². The van der Waals surface area contributed by atoms with E-state index < -0.39 is 6.29 Å². The summed E-state index contributed by atoms with van der Waals surface area (Å²) < 4.78 is 4.71. The van der Waals surface area contributed by atoms with Crippen LogP contribution in [-0.4, -0.2) is 20.8 Å². The van der Waals surface area contributed by atoms with E-state index >= 15 is 0 Å². The summed E-state index contributed by atoms with van der Waals surface area (Å²) in [6.07, 6.45) is -0.400. The van der Waals surface area contributed by atoms with Crippen LogP contribution in [0, 0.1) is 13.8 Å². The van der Waals surface area contributed by atoms with Gasteiger partial charge in [-0.25, -0.2) is 9.98 Å². The average molecular weight is 746 g/mol. The minimum absolute atomic E-state index is 0.400. The molecule has 0 bridgehead atoms. The van der Waals surface area contributed by atoms with E-state index in [1.165, 1.54) is 71.6 Å². The van der Waals surface area contributed by atoms with Gasteiger partial charge in [0.15, 0.2) is 5.84 Å². The molecule has 0 aliphatic carbocycles. The number of para-hydroxylation sites is 2. The van der Waals surface area contributed by atoms with Crippen LogP contribution in [0.2, 0.25) is 0 Å². The van der Waals surface area contributed by atoms with Gasteiger partial charge < -0.3 is 14.5 Å². The van der Waals surface area contributed by atoms with Crippen LogP contribution >= 0.6 is 0 Å². The van der Waals surface area contributed by atoms with Gasteiger partial charge in [0.25, 0.3) is 0 Å². The van der Waals surface area contributed by atoms with Crippen LogP contribution in [0.15, 0.2) is 198 Å². The summed E-state index contributed by atoms with van der Waals surface area (Å²) in [7, 11) is 0. The molecule has 10 aromatic rings. The number of hydrogen-bond acceptors (Lipinski definition) is 3. The number of nitrogens with one attached hydrogen (secondary N) is 1. The quantitative estimate of drug-likeness (QED) is 0.181. The van der Waals surface area contributed by atoms with Crippen LogP contribution in [0.1, 0.15) is 28.5 Å². The Morgan fingerprint density at radius 1 is 0.414 bits per heavy atom. The topological polar surface area (TPSA) is 46.6 Å². The Labute approximate surface area is 336 Å². The second-order valence-corrected chi connectivity index (χ2v) is 15.3. The predicted molar refractivity (Wildman–Crippen MR) is 242 cm³/mol. The minimum atomic E-state index is -0.400. The van der Waals surface area contributed by atoms with Gasteiger partial charge in [-0.15, -0.1) is 0 Å². The third-order valence-electron chi connectivity index (χ3n) is 11.5. The van der Waals surface area contributed by atoms with E-state index in [0.717, 1.165) is 28.0 Å². The van der Waals surface area contributed by atoms with Gasteiger partial charge in [0.1, 0.15) is 5.84 Å². The molecule has 2 aromatic heterocycles. The number of nitrogens with zero attached hydrogens (tertiary/aromatic N) is 4. The van der Waals surface area contributed by atoms with Crippen molar-refractivity contribution in [3.8, 4) is 27.9 Å². The molecule has 1 atom stereocenters. The fourth-order valence-electron chi connectivity index (χ4n) is 8.84. The highest BCUT2D eigenvalue weighted by Crippen LogP contribution is 2.38. The van der Waals surface area contributed by atoms with Crippen LogP contribution < -0.4 is 5.32 Å². The zero-order chi connectivity index (χ0) is 38.7. The number of aryl methyl sites for hydroxylation is 2. The van der Waals surface area contributed by atoms with Gasteiger partial charge in [0.05, 0.1) is 22.1 Å². The van der Waals surface area contributed by atoms with E-state index in [1.807, 2.05) is 36.4 Å². The summed E-state index contributed by atoms with van der Waals surface area (Å²) in [6.45, 7) is 4.34. The number of fused-ring (bicyclic) bond motifs is 6. The lowest BCUT2D eigenvalue weighted by atomic mass is 9.98. The van der Waals surface area contributed by atoms with Gasteiger partial charge in [0, 0.05) is 38.4 Å². The number of aliphatic imine (C=N–C) groups is 2. The molecule has 0 saturated carbocycles. The summed E-state index contributed by atoms with van der Waals surface area (Å²) in [6, 6.07) is 67.4. The monoisotopic (exact) mass is 745 g/mol. The van der Waals surface area contributed by atoms with E-state index in [9.17, 15) is 0 Å². The summed E-state index contributed by atoms with van der Waals surface area (Å²) >= 11 is 0. The van der Waals surface area contributed by atoms with Crippen molar-refractivity contribution >= 4 is 55.3 Å². The molecule has 0 fully saturated rings. The molecule has 5 heteroatoms. The van der Waals surface area contributed by atoms with E-state index in [4.69, 9.17) is 9.98 Å². The lowest BCUT2D eigenvalue weighted by Gasteiger charge is -2.25. The first-order valence-corrected chi connectivity index (χ1v) is 19.8. The third-order valence-corrected chi connectivity index (χ3v) is 11.5. The molecule has 0 radical (unpaired) electrons. The summed E-state index contributed by atoms with van der Waals surface area (Å²) in [5.74, 6) is 1.51. The summed E-state index contributed by atoms with van der Waals surface area (Å²) in [5, 5.41) is 8.57. The van der Waals surface area contributed by atoms with Crippen molar-refractivity contribution in [2.45, 2.75) is 20.1 Å². The fraction of sp³-hybridized carbons (Fsp3) is 0.0566. The van der Waals surface area contributed by atoms with Crippen molar-refractivity contribution < 1.29 is 0 Å². The van der Waals surface area contributed by atoms with Crippen LogP contribution in [0.3, 0.4) is 0 Å². The normalized spacial score (nSPS) is 14.2. The molecule has 3 heterocycles. The largest absolute Gasteiger partial charge is 0.331 e. The first-order valence-electron chi connectivity index (χ1n) is 19.8. The Bertz CT molecular complexity index is 3240. The maximum absolute atomic E-state index is 5.23. The second-order valence-electron chi connectivity index (χ2n) is 15.3. The molecule has 5 nitrogen and oxygen atoms in total. The number of amidine groups is 2. The highest BCUT2D eigenvalue weighted by atomic mass is 15.3. The molecular formula is C53H39N5. The van der Waals surface area contributed by atoms with Gasteiger partial charge in [0.2, 0.25) is 6.29 Å². The molecule has 1 N–H and O–H groups in total. The lowest BCUT2D eigenvalue weighted by Crippen LogP contribution is -2.36. The van der Waals surface area contributed by atoms with Crippen LogP contribution in [0.5, 0.6) is 0 Å². The molecule has 0 saturated heterocycles. The van der Waals surface area contributed by atoms with E-state index in [-0.39, 0.29) is 0 Å². The maximum Gasteiger partial charge on any atom is 0.204 e. The molecule has 1 unspecified atom stereocenters. The Morgan fingerprint density at radius 2 is 0.897 bits per heavy atom. The number of hydrogen-bond donors (Lipinski definition) is 1. The lowest BCUT2D eigenvalue weighted by molar-refractivity contribution is 0.516. The molecule has 0 amide bonds. The van der Waals surface area contributed by atoms with Gasteiger partial charge in [-0.2, -0.15) is 0 Å². The van der Waals surface area contributed by atoms with Crippen molar-refractivity contribution in [3.05, 3.63) is 210 Å². The number of benzene rings is 8. The zero-order valence-corrected chi connectivity index (χ0v) is 32.3. The highest BCUT2D eigenvalue weighted by Gasteiger charge is 2.24. The molecule has 276 valence electrons. The Kier molecular flexibility index (Phi) is 7.93. The molecule has 0 spiro atoms. The van der Waals surface area contributed by atoms with Gasteiger partial charge >= 0.3 is 0 Å². The first-order chi connectivity index (χ1) is 28.6. The molecule has 8 aromatic carbocycles. The van der Waals surface area contributed by atoms with E-state index in [1.54, 1.807) is 0 Å². The van der Waals surface area contributed by atoms with Crippen molar-refractivity contribution in [1.82, 2.24) is 14.5 Å². The van der Waals surface area contributed by atoms with E-state index in [0.29, 0.717) is 5.84 Å². The SMILES string of the molecule is Cc1cc(C)cc(-n2c3ccccc3c3cc(-c4ccc(-c5ccc6c(c5)c5ccccc5n6C5N=C(c6ccccc6)N=C(c6ccccc6)N5)cc4)ccc32)c1. The van der Waals surface area contributed by atoms with E-state index in [2.05, 4.69) is 180 Å². The van der Waals surface area contributed by atoms with Crippen LogP contribution in [-0.2, 0) is 0 Å². The number of rotatable bonds is 6. The van der Waals surface area contributed by atoms with Gasteiger partial charge in [-0.1, -0.05) is 140 Å². The Hall–Kier alpha value is -7.50. The number of aromatic nitrogens is 2. The Morgan fingerprint density at radius 3 is 1.55 bits per heavy atom. The van der Waals surface area contributed by atoms with Crippen molar-refractivity contribution in [3.63, 3.8) is 0 Å². The summed E-state index contributed by atoms with van der Waals surface area (Å²) in [5.41, 5.74) is 15.1. The Balaban J connectivity index is 0.970. The van der Waals surface area contributed by atoms with Gasteiger partial charge in [-0.05, 0) is 95.8 Å². The third kappa shape index (κ3) is 5.70. The van der Waals surface area contributed by atoms with Crippen LogP contribution in [0.25, 0.3) is 71.6 Å². The molecule has 1 aliphatic heterocycles. The highest BCUT2D eigenvalue weighted by molar-refractivity contribution is 6.14. The second kappa shape index (κ2) is 13.6. The molecule has 11 rings (SSSR count). The van der Waals surface area contributed by atoms with Crippen molar-refractivity contribution in [2.24, 2.45) is 9.98 Å². The van der Waals surface area contributed by atoms with Crippen molar-refractivity contribution in [1.29, 1.82) is 0 Å². The molecular weight excluding hydrogens is 707 g/mol. The summed E-state index contributed by atoms with van der Waals surface area (Å²) in [4.78, 5) is 10.2. The smallest absolute Gasteiger partial charge is 0.204 e. The van der Waals surface area contributed by atoms with Gasteiger partial charge in [-0.3, -0.25) is 0 Å².